The van der Waals surface area contributed by atoms with Crippen LogP contribution in [0.5, 0.6) is 0 Å². The van der Waals surface area contributed by atoms with Crippen molar-refractivity contribution in [1.82, 2.24) is 14.6 Å². The van der Waals surface area contributed by atoms with Crippen molar-refractivity contribution in [3.8, 4) is 0 Å². The number of hydrogen-bond acceptors (Lipinski definition) is 3. The lowest BCUT2D eigenvalue weighted by atomic mass is 10.2. The van der Waals surface area contributed by atoms with Gasteiger partial charge >= 0.3 is 0 Å². The van der Waals surface area contributed by atoms with Gasteiger partial charge in [-0.15, -0.1) is 5.10 Å². The third-order valence-corrected chi connectivity index (χ3v) is 3.37. The van der Waals surface area contributed by atoms with Gasteiger partial charge in [-0.1, -0.05) is 12.1 Å². The number of aromatic nitrogens is 3. The summed E-state index contributed by atoms with van der Waals surface area (Å²) in [5.41, 5.74) is 1.76. The fourth-order valence-electron chi connectivity index (χ4n) is 1.86. The number of benzene rings is 1. The van der Waals surface area contributed by atoms with Gasteiger partial charge in [0.05, 0.1) is 0 Å². The third-order valence-electron chi connectivity index (χ3n) is 2.78. The predicted molar refractivity (Wildman–Crippen MR) is 79.4 cm³/mol. The number of hydrogen-bond donors (Lipinski definition) is 1. The SMILES string of the molecule is Fc1ccc(CNc2nc(Cl)nn3cc(Br)cc23)cc1. The minimum atomic E-state index is -0.253. The van der Waals surface area contributed by atoms with E-state index in [1.807, 2.05) is 6.07 Å². The first-order chi connectivity index (χ1) is 9.61. The summed E-state index contributed by atoms with van der Waals surface area (Å²) in [6.07, 6.45) is 1.80. The monoisotopic (exact) mass is 354 g/mol. The highest BCUT2D eigenvalue weighted by Gasteiger charge is 2.08. The summed E-state index contributed by atoms with van der Waals surface area (Å²) < 4.78 is 15.4. The second kappa shape index (κ2) is 5.38. The van der Waals surface area contributed by atoms with Crippen LogP contribution >= 0.6 is 27.5 Å². The van der Waals surface area contributed by atoms with Crippen molar-refractivity contribution in [3.63, 3.8) is 0 Å². The molecule has 0 atom stereocenters. The first-order valence-electron chi connectivity index (χ1n) is 5.81. The number of halogens is 3. The molecule has 0 saturated heterocycles. The van der Waals surface area contributed by atoms with Crippen molar-refractivity contribution in [3.05, 3.63) is 57.7 Å². The molecule has 4 nitrogen and oxygen atoms in total. The Morgan fingerprint density at radius 2 is 2.05 bits per heavy atom. The average molecular weight is 356 g/mol. The van der Waals surface area contributed by atoms with Crippen molar-refractivity contribution >= 4 is 38.9 Å². The maximum Gasteiger partial charge on any atom is 0.243 e. The Bertz CT molecular complexity index is 757. The minimum absolute atomic E-state index is 0.155. The lowest BCUT2D eigenvalue weighted by molar-refractivity contribution is 0.627. The summed E-state index contributed by atoms with van der Waals surface area (Å²) in [4.78, 5) is 4.17. The lowest BCUT2D eigenvalue weighted by Gasteiger charge is -2.07. The summed E-state index contributed by atoms with van der Waals surface area (Å²) in [5, 5.41) is 7.41. The van der Waals surface area contributed by atoms with Crippen molar-refractivity contribution in [2.45, 2.75) is 6.54 Å². The fourth-order valence-corrected chi connectivity index (χ4v) is 2.44. The van der Waals surface area contributed by atoms with E-state index in [9.17, 15) is 4.39 Å². The van der Waals surface area contributed by atoms with Gasteiger partial charge in [-0.3, -0.25) is 0 Å². The van der Waals surface area contributed by atoms with Crippen LogP contribution in [0.1, 0.15) is 5.56 Å². The first-order valence-corrected chi connectivity index (χ1v) is 6.99. The van der Waals surface area contributed by atoms with Crippen molar-refractivity contribution in [2.24, 2.45) is 0 Å². The van der Waals surface area contributed by atoms with Crippen LogP contribution in [0, 0.1) is 5.82 Å². The van der Waals surface area contributed by atoms with Crippen LogP contribution in [-0.2, 0) is 6.54 Å². The molecule has 0 amide bonds. The molecule has 0 unspecified atom stereocenters. The standard InChI is InChI=1S/C13H9BrClFN4/c14-9-5-11-12(18-13(15)19-20(11)7-9)17-6-8-1-3-10(16)4-2-8/h1-5,7H,6H2,(H,17,18,19). The van der Waals surface area contributed by atoms with Gasteiger partial charge in [0.2, 0.25) is 5.28 Å². The average Bonchev–Trinajstić information content (AvgIpc) is 2.78. The van der Waals surface area contributed by atoms with E-state index in [0.717, 1.165) is 15.6 Å². The van der Waals surface area contributed by atoms with Crippen LogP contribution in [0.15, 0.2) is 41.0 Å². The minimum Gasteiger partial charge on any atom is -0.364 e. The van der Waals surface area contributed by atoms with Gasteiger partial charge < -0.3 is 5.32 Å². The molecule has 2 heterocycles. The summed E-state index contributed by atoms with van der Waals surface area (Å²) in [6.45, 7) is 0.520. The number of rotatable bonds is 3. The molecule has 1 aromatic carbocycles. The Labute approximate surface area is 127 Å². The summed E-state index contributed by atoms with van der Waals surface area (Å²) in [7, 11) is 0. The van der Waals surface area contributed by atoms with E-state index >= 15 is 0 Å². The quantitative estimate of drug-likeness (QED) is 0.775. The first kappa shape index (κ1) is 13.3. The molecule has 0 aliphatic rings. The molecule has 0 radical (unpaired) electrons. The zero-order chi connectivity index (χ0) is 14.1. The lowest BCUT2D eigenvalue weighted by Crippen LogP contribution is -2.05. The predicted octanol–water partition coefficient (Wildman–Crippen LogP) is 3.90. The fraction of sp³-hybridized carbons (Fsp3) is 0.0769. The summed E-state index contributed by atoms with van der Waals surface area (Å²) >= 11 is 9.27. The van der Waals surface area contributed by atoms with E-state index in [-0.39, 0.29) is 11.1 Å². The van der Waals surface area contributed by atoms with E-state index in [1.54, 1.807) is 22.8 Å². The van der Waals surface area contributed by atoms with Crippen LogP contribution in [0.4, 0.5) is 10.2 Å². The van der Waals surface area contributed by atoms with E-state index in [2.05, 4.69) is 31.3 Å². The van der Waals surface area contributed by atoms with Gasteiger partial charge in [0.15, 0.2) is 5.82 Å². The smallest absolute Gasteiger partial charge is 0.243 e. The molecule has 7 heteroatoms. The van der Waals surface area contributed by atoms with Gasteiger partial charge in [0.25, 0.3) is 0 Å². The van der Waals surface area contributed by atoms with Gasteiger partial charge in [0.1, 0.15) is 11.3 Å². The van der Waals surface area contributed by atoms with Gasteiger partial charge in [0, 0.05) is 17.2 Å². The third kappa shape index (κ3) is 2.76. The van der Waals surface area contributed by atoms with E-state index < -0.39 is 0 Å². The van der Waals surface area contributed by atoms with E-state index in [4.69, 9.17) is 11.6 Å². The molecule has 0 aliphatic carbocycles. The maximum atomic E-state index is 12.8. The molecule has 1 N–H and O–H groups in total. The van der Waals surface area contributed by atoms with E-state index in [1.165, 1.54) is 12.1 Å². The molecule has 0 spiro atoms. The second-order valence-electron chi connectivity index (χ2n) is 4.20. The number of anilines is 1. The van der Waals surface area contributed by atoms with Crippen LogP contribution in [0.25, 0.3) is 5.52 Å². The van der Waals surface area contributed by atoms with Crippen LogP contribution in [0.2, 0.25) is 5.28 Å². The molecule has 102 valence electrons. The highest BCUT2D eigenvalue weighted by atomic mass is 79.9. The summed E-state index contributed by atoms with van der Waals surface area (Å²) in [5.74, 6) is 0.372. The van der Waals surface area contributed by atoms with Gasteiger partial charge in [-0.05, 0) is 51.3 Å². The van der Waals surface area contributed by atoms with Crippen molar-refractivity contribution in [2.75, 3.05) is 5.32 Å². The topological polar surface area (TPSA) is 42.2 Å². The molecule has 0 fully saturated rings. The zero-order valence-corrected chi connectivity index (χ0v) is 12.5. The molecule has 0 bridgehead atoms. The Morgan fingerprint density at radius 3 is 2.80 bits per heavy atom. The van der Waals surface area contributed by atoms with Gasteiger partial charge in [-0.25, -0.2) is 8.91 Å². The Morgan fingerprint density at radius 1 is 1.30 bits per heavy atom. The van der Waals surface area contributed by atoms with Crippen molar-refractivity contribution < 1.29 is 4.39 Å². The maximum absolute atomic E-state index is 12.8. The Balaban J connectivity index is 1.88. The highest BCUT2D eigenvalue weighted by molar-refractivity contribution is 9.10. The van der Waals surface area contributed by atoms with Gasteiger partial charge in [-0.2, -0.15) is 4.98 Å². The van der Waals surface area contributed by atoms with E-state index in [0.29, 0.717) is 12.4 Å². The number of nitrogens with zero attached hydrogens (tertiary/aromatic N) is 3. The number of nitrogens with one attached hydrogen (secondary N) is 1. The molecule has 20 heavy (non-hydrogen) atoms. The number of fused-ring (bicyclic) bond motifs is 1. The Kier molecular flexibility index (Phi) is 3.58. The molecule has 3 rings (SSSR count). The highest BCUT2D eigenvalue weighted by Crippen LogP contribution is 2.22. The van der Waals surface area contributed by atoms with Crippen LogP contribution in [-0.4, -0.2) is 14.6 Å². The molecule has 2 aromatic heterocycles. The molecular weight excluding hydrogens is 347 g/mol. The molecule has 3 aromatic rings. The molecular formula is C13H9BrClFN4. The van der Waals surface area contributed by atoms with Crippen LogP contribution < -0.4 is 5.32 Å². The summed E-state index contributed by atoms with van der Waals surface area (Å²) in [6, 6.07) is 8.18. The van der Waals surface area contributed by atoms with Crippen LogP contribution in [0.3, 0.4) is 0 Å². The zero-order valence-electron chi connectivity index (χ0n) is 10.1. The largest absolute Gasteiger partial charge is 0.364 e. The normalized spacial score (nSPS) is 10.9. The second-order valence-corrected chi connectivity index (χ2v) is 5.45. The van der Waals surface area contributed by atoms with Crippen molar-refractivity contribution in [1.29, 1.82) is 0 Å². The molecule has 0 saturated carbocycles. The molecule has 0 aliphatic heterocycles. The Hall–Kier alpha value is -1.66.